The molecule has 0 spiro atoms. The molecule has 1 atom stereocenters. The molecule has 0 unspecified atom stereocenters. The van der Waals surface area contributed by atoms with Gasteiger partial charge in [-0.05, 0) is 37.1 Å². The number of hydrogen-bond donors (Lipinski definition) is 0. The van der Waals surface area contributed by atoms with Crippen LogP contribution in [0.5, 0.6) is 0 Å². The van der Waals surface area contributed by atoms with Crippen molar-refractivity contribution in [1.29, 1.82) is 0 Å². The van der Waals surface area contributed by atoms with Gasteiger partial charge in [0.25, 0.3) is 17.7 Å². The number of carbonyl (C=O) groups excluding carboxylic acids is 3. The molecule has 5 heteroatoms. The molecule has 0 radical (unpaired) electrons. The smallest absolute Gasteiger partial charge is 0.261 e. The minimum Gasteiger partial charge on any atom is -0.335 e. The number of carbonyl (C=O) groups is 3. The summed E-state index contributed by atoms with van der Waals surface area (Å²) in [6.45, 7) is 4.39. The summed E-state index contributed by atoms with van der Waals surface area (Å²) >= 11 is 0. The fourth-order valence-electron chi connectivity index (χ4n) is 3.28. The summed E-state index contributed by atoms with van der Waals surface area (Å²) in [4.78, 5) is 40.9. The molecule has 0 aliphatic carbocycles. The van der Waals surface area contributed by atoms with Crippen molar-refractivity contribution in [2.24, 2.45) is 0 Å². The Balaban J connectivity index is 1.83. The van der Waals surface area contributed by atoms with E-state index < -0.39 is 0 Å². The van der Waals surface area contributed by atoms with Crippen LogP contribution in [0.4, 0.5) is 0 Å². The van der Waals surface area contributed by atoms with Gasteiger partial charge in [-0.2, -0.15) is 0 Å². The van der Waals surface area contributed by atoms with Gasteiger partial charge in [-0.3, -0.25) is 19.3 Å². The highest BCUT2D eigenvalue weighted by molar-refractivity contribution is 6.22. The molecule has 2 aromatic rings. The van der Waals surface area contributed by atoms with Crippen LogP contribution in [0.2, 0.25) is 0 Å². The number of unbranched alkanes of at least 4 members (excludes halogenated alkanes) is 1. The zero-order chi connectivity index (χ0) is 19.6. The van der Waals surface area contributed by atoms with Gasteiger partial charge in [0.1, 0.15) is 0 Å². The third-order valence-corrected chi connectivity index (χ3v) is 5.14. The van der Waals surface area contributed by atoms with Crippen molar-refractivity contribution < 1.29 is 14.4 Å². The summed E-state index contributed by atoms with van der Waals surface area (Å²) in [5.74, 6) is -0.758. The predicted molar refractivity (Wildman–Crippen MR) is 104 cm³/mol. The number of amides is 3. The Morgan fingerprint density at radius 3 is 2.37 bits per heavy atom. The number of rotatable bonds is 6. The van der Waals surface area contributed by atoms with E-state index in [0.717, 1.165) is 18.4 Å². The lowest BCUT2D eigenvalue weighted by Crippen LogP contribution is -2.30. The average Bonchev–Trinajstić information content (AvgIpc) is 2.95. The van der Waals surface area contributed by atoms with E-state index in [2.05, 4.69) is 0 Å². The van der Waals surface area contributed by atoms with Crippen LogP contribution in [0.25, 0.3) is 0 Å². The van der Waals surface area contributed by atoms with E-state index in [-0.39, 0.29) is 23.8 Å². The molecular weight excluding hydrogens is 340 g/mol. The van der Waals surface area contributed by atoms with Gasteiger partial charge < -0.3 is 4.90 Å². The lowest BCUT2D eigenvalue weighted by Gasteiger charge is -2.25. The second-order valence-electron chi connectivity index (χ2n) is 6.88. The summed E-state index contributed by atoms with van der Waals surface area (Å²) < 4.78 is 0. The first kappa shape index (κ1) is 18.8. The molecule has 0 saturated heterocycles. The Bertz CT molecular complexity index is 876. The van der Waals surface area contributed by atoms with Crippen molar-refractivity contribution in [3.63, 3.8) is 0 Å². The van der Waals surface area contributed by atoms with Crippen LogP contribution in [0.3, 0.4) is 0 Å². The van der Waals surface area contributed by atoms with E-state index in [0.29, 0.717) is 23.2 Å². The monoisotopic (exact) mass is 364 g/mol. The minimum absolute atomic E-state index is 0.106. The predicted octanol–water partition coefficient (Wildman–Crippen LogP) is 3.92. The Kier molecular flexibility index (Phi) is 5.40. The van der Waals surface area contributed by atoms with Crippen LogP contribution >= 0.6 is 0 Å². The van der Waals surface area contributed by atoms with Gasteiger partial charge in [-0.1, -0.05) is 43.7 Å². The fraction of sp³-hybridized carbons (Fsp3) is 0.318. The maximum Gasteiger partial charge on any atom is 0.261 e. The quantitative estimate of drug-likeness (QED) is 0.730. The lowest BCUT2D eigenvalue weighted by atomic mass is 10.0. The SMILES string of the molecule is CCCCN1C(=O)c2ccc(C(=O)N(C)[C@@H](C)c3ccccc3)cc2C1=O. The third-order valence-electron chi connectivity index (χ3n) is 5.14. The highest BCUT2D eigenvalue weighted by Crippen LogP contribution is 2.26. The van der Waals surface area contributed by atoms with Crippen molar-refractivity contribution in [2.45, 2.75) is 32.7 Å². The first-order valence-electron chi connectivity index (χ1n) is 9.28. The fourth-order valence-corrected chi connectivity index (χ4v) is 3.28. The molecule has 1 aliphatic heterocycles. The number of imide groups is 1. The van der Waals surface area contributed by atoms with Crippen LogP contribution < -0.4 is 0 Å². The number of fused-ring (bicyclic) bond motifs is 1. The van der Waals surface area contributed by atoms with Crippen molar-refractivity contribution in [2.75, 3.05) is 13.6 Å². The topological polar surface area (TPSA) is 57.7 Å². The Hall–Kier alpha value is -2.95. The number of hydrogen-bond acceptors (Lipinski definition) is 3. The van der Waals surface area contributed by atoms with Crippen LogP contribution in [-0.2, 0) is 0 Å². The summed E-state index contributed by atoms with van der Waals surface area (Å²) in [5, 5.41) is 0. The maximum absolute atomic E-state index is 12.9. The van der Waals surface area contributed by atoms with E-state index in [9.17, 15) is 14.4 Å². The molecule has 0 saturated carbocycles. The van der Waals surface area contributed by atoms with Gasteiger partial charge in [0.2, 0.25) is 0 Å². The molecule has 5 nitrogen and oxygen atoms in total. The first-order chi connectivity index (χ1) is 13.0. The molecule has 0 aromatic heterocycles. The van der Waals surface area contributed by atoms with Crippen LogP contribution in [-0.4, -0.2) is 41.1 Å². The Morgan fingerprint density at radius 2 is 1.70 bits per heavy atom. The van der Waals surface area contributed by atoms with Gasteiger partial charge in [-0.25, -0.2) is 0 Å². The summed E-state index contributed by atoms with van der Waals surface area (Å²) in [6, 6.07) is 14.4. The van der Waals surface area contributed by atoms with Crippen molar-refractivity contribution >= 4 is 17.7 Å². The third kappa shape index (κ3) is 3.50. The lowest BCUT2D eigenvalue weighted by molar-refractivity contribution is 0.0651. The molecule has 27 heavy (non-hydrogen) atoms. The molecular formula is C22H24N2O3. The Labute approximate surface area is 159 Å². The molecule has 0 bridgehead atoms. The van der Waals surface area contributed by atoms with Gasteiger partial charge in [0.15, 0.2) is 0 Å². The van der Waals surface area contributed by atoms with Gasteiger partial charge in [0, 0.05) is 19.2 Å². The highest BCUT2D eigenvalue weighted by Gasteiger charge is 2.35. The highest BCUT2D eigenvalue weighted by atomic mass is 16.2. The molecule has 3 amide bonds. The maximum atomic E-state index is 12.9. The van der Waals surface area contributed by atoms with Crippen LogP contribution in [0.15, 0.2) is 48.5 Å². The molecule has 1 heterocycles. The van der Waals surface area contributed by atoms with E-state index >= 15 is 0 Å². The number of nitrogens with zero attached hydrogens (tertiary/aromatic N) is 2. The van der Waals surface area contributed by atoms with E-state index in [4.69, 9.17) is 0 Å². The van der Waals surface area contributed by atoms with E-state index in [1.165, 1.54) is 4.90 Å². The standard InChI is InChI=1S/C22H24N2O3/c1-4-5-13-24-21(26)18-12-11-17(14-19(18)22(24)27)20(25)23(3)15(2)16-9-7-6-8-10-16/h6-12,14-15H,4-5,13H2,1-3H3/t15-/m0/s1. The summed E-state index contributed by atoms with van der Waals surface area (Å²) in [7, 11) is 1.74. The van der Waals surface area contributed by atoms with Crippen molar-refractivity contribution in [1.82, 2.24) is 9.80 Å². The van der Waals surface area contributed by atoms with Gasteiger partial charge >= 0.3 is 0 Å². The summed E-state index contributed by atoms with van der Waals surface area (Å²) in [5.41, 5.74) is 2.15. The largest absolute Gasteiger partial charge is 0.335 e. The molecule has 2 aromatic carbocycles. The number of benzene rings is 2. The zero-order valence-electron chi connectivity index (χ0n) is 15.9. The van der Waals surface area contributed by atoms with Gasteiger partial charge in [-0.15, -0.1) is 0 Å². The molecule has 3 rings (SSSR count). The molecule has 1 aliphatic rings. The molecule has 0 N–H and O–H groups in total. The van der Waals surface area contributed by atoms with Crippen molar-refractivity contribution in [3.05, 3.63) is 70.8 Å². The molecule has 0 fully saturated rings. The second kappa shape index (κ2) is 7.74. The van der Waals surface area contributed by atoms with E-state index in [1.807, 2.05) is 44.2 Å². The second-order valence-corrected chi connectivity index (χ2v) is 6.88. The van der Waals surface area contributed by atoms with Crippen molar-refractivity contribution in [3.8, 4) is 0 Å². The molecule has 140 valence electrons. The first-order valence-corrected chi connectivity index (χ1v) is 9.28. The van der Waals surface area contributed by atoms with E-state index in [1.54, 1.807) is 30.1 Å². The van der Waals surface area contributed by atoms with Crippen LogP contribution in [0, 0.1) is 0 Å². The zero-order valence-corrected chi connectivity index (χ0v) is 15.9. The van der Waals surface area contributed by atoms with Crippen LogP contribution in [0.1, 0.15) is 69.4 Å². The average molecular weight is 364 g/mol. The normalized spacial score (nSPS) is 14.3. The Morgan fingerprint density at radius 1 is 1.04 bits per heavy atom. The van der Waals surface area contributed by atoms with Gasteiger partial charge in [0.05, 0.1) is 17.2 Å². The summed E-state index contributed by atoms with van der Waals surface area (Å²) in [6.07, 6.45) is 1.67. The minimum atomic E-state index is -0.308.